The summed E-state index contributed by atoms with van der Waals surface area (Å²) in [5, 5.41) is 3.71. The fourth-order valence-electron chi connectivity index (χ4n) is 3.55. The first-order valence-electron chi connectivity index (χ1n) is 10.1. The highest BCUT2D eigenvalue weighted by molar-refractivity contribution is 6.11. The van der Waals surface area contributed by atoms with Gasteiger partial charge in [-0.25, -0.2) is 0 Å². The van der Waals surface area contributed by atoms with Crippen LogP contribution in [-0.4, -0.2) is 25.9 Å². The Labute approximate surface area is 185 Å². The molecular weight excluding hydrogens is 406 g/mol. The molecule has 0 fully saturated rings. The van der Waals surface area contributed by atoms with Crippen LogP contribution in [0.15, 0.2) is 71.1 Å². The molecule has 32 heavy (non-hydrogen) atoms. The first-order chi connectivity index (χ1) is 15.5. The molecule has 1 heterocycles. The van der Waals surface area contributed by atoms with Crippen LogP contribution < -0.4 is 14.8 Å². The van der Waals surface area contributed by atoms with Gasteiger partial charge < -0.3 is 19.2 Å². The van der Waals surface area contributed by atoms with Gasteiger partial charge in [-0.05, 0) is 48.9 Å². The molecule has 0 saturated heterocycles. The normalized spacial score (nSPS) is 10.7. The zero-order valence-electron chi connectivity index (χ0n) is 18.1. The Morgan fingerprint density at radius 3 is 2.38 bits per heavy atom. The number of benzene rings is 3. The van der Waals surface area contributed by atoms with E-state index in [0.717, 1.165) is 22.3 Å². The molecule has 0 atom stereocenters. The van der Waals surface area contributed by atoms with Gasteiger partial charge in [0.25, 0.3) is 0 Å². The zero-order chi connectivity index (χ0) is 22.7. The van der Waals surface area contributed by atoms with Crippen molar-refractivity contribution in [3.63, 3.8) is 0 Å². The van der Waals surface area contributed by atoms with Crippen LogP contribution >= 0.6 is 0 Å². The van der Waals surface area contributed by atoms with Crippen molar-refractivity contribution < 1.29 is 23.5 Å². The lowest BCUT2D eigenvalue weighted by molar-refractivity contribution is -0.115. The predicted molar refractivity (Wildman–Crippen MR) is 123 cm³/mol. The van der Waals surface area contributed by atoms with Crippen molar-refractivity contribution in [2.75, 3.05) is 19.5 Å². The highest BCUT2D eigenvalue weighted by Gasteiger charge is 2.20. The van der Waals surface area contributed by atoms with Crippen molar-refractivity contribution in [1.82, 2.24) is 0 Å². The summed E-state index contributed by atoms with van der Waals surface area (Å²) in [5.41, 5.74) is 3.26. The topological polar surface area (TPSA) is 77.8 Å². The van der Waals surface area contributed by atoms with Crippen LogP contribution in [0.1, 0.15) is 27.2 Å². The molecule has 0 bridgehead atoms. The van der Waals surface area contributed by atoms with Gasteiger partial charge in [-0.1, -0.05) is 24.3 Å². The Balaban J connectivity index is 1.53. The van der Waals surface area contributed by atoms with E-state index < -0.39 is 0 Å². The van der Waals surface area contributed by atoms with E-state index in [9.17, 15) is 9.59 Å². The summed E-state index contributed by atoms with van der Waals surface area (Å²) in [4.78, 5) is 25.4. The molecule has 4 rings (SSSR count). The Kier molecular flexibility index (Phi) is 5.94. The lowest BCUT2D eigenvalue weighted by Gasteiger charge is -2.06. The van der Waals surface area contributed by atoms with Gasteiger partial charge >= 0.3 is 0 Å². The maximum absolute atomic E-state index is 13.0. The number of ether oxygens (including phenoxy) is 2. The highest BCUT2D eigenvalue weighted by atomic mass is 16.5. The third kappa shape index (κ3) is 4.34. The van der Waals surface area contributed by atoms with Crippen molar-refractivity contribution in [3.05, 3.63) is 89.2 Å². The summed E-state index contributed by atoms with van der Waals surface area (Å²) in [6, 6.07) is 19.7. The Morgan fingerprint density at radius 1 is 0.906 bits per heavy atom. The van der Waals surface area contributed by atoms with E-state index in [-0.39, 0.29) is 23.9 Å². The fraction of sp³-hybridized carbons (Fsp3) is 0.154. The van der Waals surface area contributed by atoms with Crippen molar-refractivity contribution in [2.45, 2.75) is 13.3 Å². The summed E-state index contributed by atoms with van der Waals surface area (Å²) in [6.07, 6.45) is 0.235. The van der Waals surface area contributed by atoms with Crippen LogP contribution in [0.2, 0.25) is 0 Å². The van der Waals surface area contributed by atoms with Crippen LogP contribution in [0.25, 0.3) is 11.0 Å². The smallest absolute Gasteiger partial charge is 0.228 e. The maximum atomic E-state index is 13.0. The van der Waals surface area contributed by atoms with Crippen LogP contribution in [0, 0.1) is 6.92 Å². The number of aryl methyl sites for hydroxylation is 1. The summed E-state index contributed by atoms with van der Waals surface area (Å²) in [6.45, 7) is 1.85. The first kappa shape index (κ1) is 21.2. The number of ketones is 1. The number of carbonyl (C=O) groups excluding carboxylic acids is 2. The number of methoxy groups -OCH3 is 2. The van der Waals surface area contributed by atoms with E-state index in [2.05, 4.69) is 5.32 Å². The van der Waals surface area contributed by atoms with E-state index in [1.54, 1.807) is 50.6 Å². The average Bonchev–Trinajstić information content (AvgIpc) is 3.14. The van der Waals surface area contributed by atoms with Gasteiger partial charge in [-0.2, -0.15) is 0 Å². The molecule has 0 saturated carbocycles. The van der Waals surface area contributed by atoms with Gasteiger partial charge in [0.1, 0.15) is 17.1 Å². The number of hydrogen-bond donors (Lipinski definition) is 1. The third-order valence-electron chi connectivity index (χ3n) is 5.28. The van der Waals surface area contributed by atoms with E-state index >= 15 is 0 Å². The van der Waals surface area contributed by atoms with Gasteiger partial charge in [-0.15, -0.1) is 0 Å². The van der Waals surface area contributed by atoms with Crippen molar-refractivity contribution >= 4 is 28.3 Å². The summed E-state index contributed by atoms with van der Waals surface area (Å²) < 4.78 is 16.2. The predicted octanol–water partition coefficient (Wildman–Crippen LogP) is 5.17. The summed E-state index contributed by atoms with van der Waals surface area (Å²) >= 11 is 0. The molecule has 0 unspecified atom stereocenters. The molecule has 0 aliphatic heterocycles. The summed E-state index contributed by atoms with van der Waals surface area (Å²) in [5.74, 6) is 1.25. The van der Waals surface area contributed by atoms with E-state index in [1.165, 1.54) is 0 Å². The lowest BCUT2D eigenvalue weighted by atomic mass is 10.0. The quantitative estimate of drug-likeness (QED) is 0.410. The molecule has 0 radical (unpaired) electrons. The SMILES string of the molecule is COc1ccc(CC(=O)Nc2ccc3c(C)c(C(=O)c4cccc(OC)c4)oc3c2)cc1. The van der Waals surface area contributed by atoms with Gasteiger partial charge in [0, 0.05) is 28.3 Å². The van der Waals surface area contributed by atoms with Crippen LogP contribution in [0.4, 0.5) is 5.69 Å². The molecule has 1 amide bonds. The number of hydrogen-bond acceptors (Lipinski definition) is 5. The minimum atomic E-state index is -0.220. The second-order valence-electron chi connectivity index (χ2n) is 7.40. The molecule has 6 heteroatoms. The third-order valence-corrected chi connectivity index (χ3v) is 5.28. The number of rotatable bonds is 7. The molecule has 3 aromatic carbocycles. The molecular formula is C26H23NO5. The van der Waals surface area contributed by atoms with Gasteiger partial charge in [0.05, 0.1) is 20.6 Å². The van der Waals surface area contributed by atoms with Crippen LogP contribution in [-0.2, 0) is 11.2 Å². The number of nitrogens with one attached hydrogen (secondary N) is 1. The van der Waals surface area contributed by atoms with Gasteiger partial charge in [0.15, 0.2) is 5.76 Å². The monoisotopic (exact) mass is 429 g/mol. The number of fused-ring (bicyclic) bond motifs is 1. The summed E-state index contributed by atoms with van der Waals surface area (Å²) in [7, 11) is 3.16. The Bertz CT molecular complexity index is 1290. The number of carbonyl (C=O) groups is 2. The van der Waals surface area contributed by atoms with Gasteiger partial charge in [0.2, 0.25) is 11.7 Å². The van der Waals surface area contributed by atoms with Crippen LogP contribution in [0.3, 0.4) is 0 Å². The van der Waals surface area contributed by atoms with E-state index in [4.69, 9.17) is 13.9 Å². The fourth-order valence-corrected chi connectivity index (χ4v) is 3.55. The van der Waals surface area contributed by atoms with Gasteiger partial charge in [-0.3, -0.25) is 9.59 Å². The molecule has 1 aromatic heterocycles. The minimum Gasteiger partial charge on any atom is -0.497 e. The molecule has 0 aliphatic rings. The maximum Gasteiger partial charge on any atom is 0.228 e. The number of anilines is 1. The molecule has 162 valence electrons. The van der Waals surface area contributed by atoms with Crippen molar-refractivity contribution in [2.24, 2.45) is 0 Å². The second kappa shape index (κ2) is 8.98. The van der Waals surface area contributed by atoms with Crippen molar-refractivity contribution in [3.8, 4) is 11.5 Å². The Morgan fingerprint density at radius 2 is 1.66 bits per heavy atom. The lowest BCUT2D eigenvalue weighted by Crippen LogP contribution is -2.14. The molecule has 6 nitrogen and oxygen atoms in total. The molecule has 4 aromatic rings. The standard InChI is InChI=1S/C26H23NO5/c1-16-22-12-9-19(27-24(28)13-17-7-10-20(30-2)11-8-17)15-23(22)32-26(16)25(29)18-5-4-6-21(14-18)31-3/h4-12,14-15H,13H2,1-3H3,(H,27,28). The first-order valence-corrected chi connectivity index (χ1v) is 10.1. The van der Waals surface area contributed by atoms with Crippen molar-refractivity contribution in [1.29, 1.82) is 0 Å². The van der Waals surface area contributed by atoms with E-state index in [0.29, 0.717) is 22.6 Å². The molecule has 0 aliphatic carbocycles. The number of furan rings is 1. The second-order valence-corrected chi connectivity index (χ2v) is 7.40. The van der Waals surface area contributed by atoms with E-state index in [1.807, 2.05) is 37.3 Å². The van der Waals surface area contributed by atoms with Crippen LogP contribution in [0.5, 0.6) is 11.5 Å². The Hall–Kier alpha value is -4.06. The number of amides is 1. The molecule has 0 spiro atoms. The highest BCUT2D eigenvalue weighted by Crippen LogP contribution is 2.30. The largest absolute Gasteiger partial charge is 0.497 e. The minimum absolute atomic E-state index is 0.148. The zero-order valence-corrected chi connectivity index (χ0v) is 18.1. The molecule has 1 N–H and O–H groups in total. The average molecular weight is 429 g/mol.